The smallest absolute Gasteiger partial charge is 0.160 e. The molecule has 0 unspecified atom stereocenters. The molecule has 2 aromatic heterocycles. The van der Waals surface area contributed by atoms with E-state index in [4.69, 9.17) is 14.4 Å². The highest BCUT2D eigenvalue weighted by Crippen LogP contribution is 2.44. The monoisotopic (exact) mass is 650 g/mol. The van der Waals surface area contributed by atoms with Gasteiger partial charge in [0.25, 0.3) is 0 Å². The van der Waals surface area contributed by atoms with Crippen molar-refractivity contribution in [1.29, 1.82) is 0 Å². The third-order valence-corrected chi connectivity index (χ3v) is 9.90. The summed E-state index contributed by atoms with van der Waals surface area (Å²) in [5.41, 5.74) is 11.3. The molecule has 0 atom stereocenters. The Morgan fingerprint density at radius 2 is 0.922 bits per heavy atom. The van der Waals surface area contributed by atoms with Crippen molar-refractivity contribution < 1.29 is 4.42 Å². The van der Waals surface area contributed by atoms with E-state index in [0.717, 1.165) is 66.5 Å². The van der Waals surface area contributed by atoms with Crippen LogP contribution in [0.15, 0.2) is 186 Å². The summed E-state index contributed by atoms with van der Waals surface area (Å²) in [5, 5.41) is 6.99. The lowest BCUT2D eigenvalue weighted by Crippen LogP contribution is -1.95. The van der Waals surface area contributed by atoms with Gasteiger partial charge in [-0.1, -0.05) is 164 Å². The van der Waals surface area contributed by atoms with Crippen molar-refractivity contribution >= 4 is 43.5 Å². The minimum atomic E-state index is 0.708. The van der Waals surface area contributed by atoms with Gasteiger partial charge in [0.2, 0.25) is 0 Å². The van der Waals surface area contributed by atoms with Crippen LogP contribution < -0.4 is 0 Å². The zero-order valence-electron chi connectivity index (χ0n) is 27.6. The maximum absolute atomic E-state index is 6.69. The van der Waals surface area contributed by atoms with E-state index in [-0.39, 0.29) is 0 Å². The molecular weight excluding hydrogens is 621 g/mol. The first-order valence-corrected chi connectivity index (χ1v) is 17.2. The summed E-state index contributed by atoms with van der Waals surface area (Å²) in [5.74, 6) is 0.708. The van der Waals surface area contributed by atoms with E-state index in [2.05, 4.69) is 146 Å². The Morgan fingerprint density at radius 1 is 0.353 bits per heavy atom. The maximum atomic E-state index is 6.69. The average Bonchev–Trinajstić information content (AvgIpc) is 3.60. The molecule has 0 aliphatic heterocycles. The van der Waals surface area contributed by atoms with Crippen LogP contribution >= 0.6 is 0 Å². The van der Waals surface area contributed by atoms with Gasteiger partial charge in [0.15, 0.2) is 5.82 Å². The molecule has 0 fully saturated rings. The second-order valence-corrected chi connectivity index (χ2v) is 12.9. The summed E-state index contributed by atoms with van der Waals surface area (Å²) in [6, 6.07) is 63.8. The molecule has 8 aromatic carbocycles. The Balaban J connectivity index is 1.14. The molecule has 0 spiro atoms. The Labute approximate surface area is 295 Å². The zero-order chi connectivity index (χ0) is 33.7. The maximum Gasteiger partial charge on any atom is 0.160 e. The number of fused-ring (bicyclic) bond motifs is 6. The lowest BCUT2D eigenvalue weighted by Gasteiger charge is -2.12. The molecule has 0 aliphatic rings. The molecule has 3 heteroatoms. The van der Waals surface area contributed by atoms with Crippen LogP contribution in [0.2, 0.25) is 0 Å². The summed E-state index contributed by atoms with van der Waals surface area (Å²) in [4.78, 5) is 10.0. The Kier molecular flexibility index (Phi) is 6.81. The Hall–Kier alpha value is -6.84. The second kappa shape index (κ2) is 11.9. The molecule has 0 aliphatic carbocycles. The lowest BCUT2D eigenvalue weighted by molar-refractivity contribution is 0.673. The summed E-state index contributed by atoms with van der Waals surface area (Å²) in [6.45, 7) is 0. The van der Waals surface area contributed by atoms with Crippen LogP contribution in [0, 0.1) is 0 Å². The van der Waals surface area contributed by atoms with Gasteiger partial charge in [-0.15, -0.1) is 0 Å². The van der Waals surface area contributed by atoms with Gasteiger partial charge in [0.1, 0.15) is 11.2 Å². The predicted molar refractivity (Wildman–Crippen MR) is 212 cm³/mol. The van der Waals surface area contributed by atoms with Crippen LogP contribution in [0.4, 0.5) is 0 Å². The van der Waals surface area contributed by atoms with Crippen LogP contribution in [0.5, 0.6) is 0 Å². The van der Waals surface area contributed by atoms with Crippen molar-refractivity contribution in [3.05, 3.63) is 182 Å². The quantitative estimate of drug-likeness (QED) is 0.186. The molecule has 0 saturated heterocycles. The zero-order valence-corrected chi connectivity index (χ0v) is 27.6. The number of aromatic nitrogens is 2. The van der Waals surface area contributed by atoms with Crippen LogP contribution in [0.25, 0.3) is 99.6 Å². The van der Waals surface area contributed by atoms with Crippen molar-refractivity contribution in [1.82, 2.24) is 9.97 Å². The summed E-state index contributed by atoms with van der Waals surface area (Å²) in [6.07, 6.45) is 0. The van der Waals surface area contributed by atoms with Gasteiger partial charge in [-0.05, 0) is 56.6 Å². The van der Waals surface area contributed by atoms with Gasteiger partial charge in [0.05, 0.1) is 11.4 Å². The van der Waals surface area contributed by atoms with Crippen molar-refractivity contribution in [2.75, 3.05) is 0 Å². The molecule has 10 aromatic rings. The highest BCUT2D eigenvalue weighted by atomic mass is 16.3. The molecule has 2 heterocycles. The minimum Gasteiger partial charge on any atom is -0.455 e. The molecule has 0 saturated carbocycles. The molecular formula is C48H30N2O. The fourth-order valence-electron chi connectivity index (χ4n) is 7.46. The van der Waals surface area contributed by atoms with E-state index >= 15 is 0 Å². The van der Waals surface area contributed by atoms with Crippen molar-refractivity contribution in [3.8, 4) is 56.2 Å². The van der Waals surface area contributed by atoms with E-state index in [0.29, 0.717) is 5.82 Å². The predicted octanol–water partition coefficient (Wildman–Crippen LogP) is 13.0. The van der Waals surface area contributed by atoms with Gasteiger partial charge >= 0.3 is 0 Å². The van der Waals surface area contributed by atoms with Gasteiger partial charge in [-0.25, -0.2) is 9.97 Å². The molecule has 10 rings (SSSR count). The Morgan fingerprint density at radius 3 is 1.69 bits per heavy atom. The number of hydrogen-bond donors (Lipinski definition) is 0. The topological polar surface area (TPSA) is 38.9 Å². The van der Waals surface area contributed by atoms with E-state index in [9.17, 15) is 0 Å². The minimum absolute atomic E-state index is 0.708. The highest BCUT2D eigenvalue weighted by molar-refractivity contribution is 6.23. The summed E-state index contributed by atoms with van der Waals surface area (Å²) < 4.78 is 6.69. The standard InChI is InChI=1S/C48H30N2O/c1-3-14-33(15-4-1)43-30-44(50-48(49-43)35-16-5-2-6-17-35)34-27-25-32(26-28-34)37-22-12-24-45-46(37)42-29-41(39-20-9-10-21-40(39)47(42)51-45)38-23-11-18-31-13-7-8-19-36(31)38/h1-30H. The normalized spacial score (nSPS) is 11.5. The van der Waals surface area contributed by atoms with E-state index < -0.39 is 0 Å². The largest absolute Gasteiger partial charge is 0.455 e. The van der Waals surface area contributed by atoms with Gasteiger partial charge in [-0.2, -0.15) is 0 Å². The van der Waals surface area contributed by atoms with Crippen molar-refractivity contribution in [2.45, 2.75) is 0 Å². The van der Waals surface area contributed by atoms with Gasteiger partial charge < -0.3 is 4.42 Å². The average molecular weight is 651 g/mol. The van der Waals surface area contributed by atoms with Crippen molar-refractivity contribution in [3.63, 3.8) is 0 Å². The third kappa shape index (κ3) is 4.98. The fraction of sp³-hybridized carbons (Fsp3) is 0. The van der Waals surface area contributed by atoms with Crippen LogP contribution in [-0.2, 0) is 0 Å². The number of rotatable bonds is 5. The van der Waals surface area contributed by atoms with E-state index in [1.54, 1.807) is 0 Å². The van der Waals surface area contributed by atoms with Gasteiger partial charge in [0, 0.05) is 32.8 Å². The molecule has 51 heavy (non-hydrogen) atoms. The summed E-state index contributed by atoms with van der Waals surface area (Å²) >= 11 is 0. The first-order valence-electron chi connectivity index (χ1n) is 17.2. The van der Waals surface area contributed by atoms with E-state index in [1.807, 2.05) is 36.4 Å². The second-order valence-electron chi connectivity index (χ2n) is 12.9. The number of hydrogen-bond acceptors (Lipinski definition) is 3. The third-order valence-electron chi connectivity index (χ3n) is 9.90. The molecule has 0 radical (unpaired) electrons. The molecule has 3 nitrogen and oxygen atoms in total. The van der Waals surface area contributed by atoms with Gasteiger partial charge in [-0.3, -0.25) is 0 Å². The highest BCUT2D eigenvalue weighted by Gasteiger charge is 2.19. The fourth-order valence-corrected chi connectivity index (χ4v) is 7.46. The molecule has 238 valence electrons. The van der Waals surface area contributed by atoms with Crippen LogP contribution in [0.3, 0.4) is 0 Å². The van der Waals surface area contributed by atoms with Crippen molar-refractivity contribution in [2.24, 2.45) is 0 Å². The van der Waals surface area contributed by atoms with Crippen LogP contribution in [-0.4, -0.2) is 9.97 Å². The Bertz CT molecular complexity index is 2830. The molecule has 0 bridgehead atoms. The number of benzene rings is 8. The lowest BCUT2D eigenvalue weighted by atomic mass is 9.91. The van der Waals surface area contributed by atoms with E-state index in [1.165, 1.54) is 27.3 Å². The van der Waals surface area contributed by atoms with Crippen LogP contribution in [0.1, 0.15) is 0 Å². The SMILES string of the molecule is c1ccc(-c2cc(-c3ccc(-c4cccc5oc6c7ccccc7c(-c7cccc8ccccc78)cc6c45)cc3)nc(-c3ccccc3)n2)cc1. The first kappa shape index (κ1) is 29.1. The number of furan rings is 1. The summed E-state index contributed by atoms with van der Waals surface area (Å²) in [7, 11) is 0. The number of nitrogens with zero attached hydrogens (tertiary/aromatic N) is 2. The first-order chi connectivity index (χ1) is 25.3. The molecule has 0 amide bonds. The molecule has 0 N–H and O–H groups in total.